The number of hydrogen-bond acceptors (Lipinski definition) is 7. The normalized spacial score (nSPS) is 21.4. The predicted octanol–water partition coefficient (Wildman–Crippen LogP) is 3.37. The highest BCUT2D eigenvalue weighted by Gasteiger charge is 2.40. The van der Waals surface area contributed by atoms with Crippen LogP contribution >= 0.6 is 0 Å². The molecule has 0 radical (unpaired) electrons. The summed E-state index contributed by atoms with van der Waals surface area (Å²) < 4.78 is 39.6. The van der Waals surface area contributed by atoms with E-state index in [1.54, 1.807) is 12.1 Å². The molecule has 0 amide bonds. The maximum Gasteiger partial charge on any atom is 0.289 e. The van der Waals surface area contributed by atoms with Crippen molar-refractivity contribution in [2.45, 2.75) is 36.2 Å². The zero-order valence-electron chi connectivity index (χ0n) is 19.0. The number of nitro benzene ring substituents is 1. The number of sulfonamides is 1. The molecule has 0 saturated heterocycles. The van der Waals surface area contributed by atoms with Gasteiger partial charge < -0.3 is 9.47 Å². The van der Waals surface area contributed by atoms with Crippen molar-refractivity contribution >= 4 is 27.1 Å². The van der Waals surface area contributed by atoms with Crippen LogP contribution in [0.25, 0.3) is 5.57 Å². The van der Waals surface area contributed by atoms with Crippen molar-refractivity contribution < 1.29 is 27.6 Å². The van der Waals surface area contributed by atoms with Crippen molar-refractivity contribution in [3.05, 3.63) is 69.8 Å². The van der Waals surface area contributed by atoms with E-state index in [2.05, 4.69) is 0 Å². The molecule has 10 heteroatoms. The molecule has 2 bridgehead atoms. The Balaban J connectivity index is 1.82. The van der Waals surface area contributed by atoms with Crippen LogP contribution in [0, 0.1) is 10.1 Å². The first-order chi connectivity index (χ1) is 16.2. The predicted molar refractivity (Wildman–Crippen MR) is 125 cm³/mol. The van der Waals surface area contributed by atoms with Crippen LogP contribution in [0.1, 0.15) is 30.4 Å². The summed E-state index contributed by atoms with van der Waals surface area (Å²) in [6.45, 7) is 0.133. The SMILES string of the molecule is COc1ccc2c(c1)CCN(S(=O)(=O)c1ccccc1[N+](=O)[O-])CCC1(OC)CC=C2C(=O)C1. The lowest BCUT2D eigenvalue weighted by molar-refractivity contribution is -0.387. The number of Topliss-reactive ketones (excluding diaryl/α,β-unsaturated/α-hetero) is 1. The number of fused-ring (bicyclic) bond motifs is 6. The lowest BCUT2D eigenvalue weighted by atomic mass is 9.79. The van der Waals surface area contributed by atoms with E-state index in [4.69, 9.17) is 9.47 Å². The number of methoxy groups -OCH3 is 2. The minimum atomic E-state index is -4.20. The Morgan fingerprint density at radius 3 is 2.56 bits per heavy atom. The van der Waals surface area contributed by atoms with E-state index in [1.165, 1.54) is 42.8 Å². The first-order valence-electron chi connectivity index (χ1n) is 10.9. The second-order valence-electron chi connectivity index (χ2n) is 8.46. The topological polar surface area (TPSA) is 116 Å². The lowest BCUT2D eigenvalue weighted by Crippen LogP contribution is -2.42. The van der Waals surface area contributed by atoms with Crippen molar-refractivity contribution in [1.29, 1.82) is 0 Å². The highest BCUT2D eigenvalue weighted by atomic mass is 32.2. The van der Waals surface area contributed by atoms with E-state index >= 15 is 0 Å². The molecule has 2 aliphatic heterocycles. The Morgan fingerprint density at radius 1 is 1.12 bits per heavy atom. The fraction of sp³-hybridized carbons (Fsp3) is 0.375. The molecule has 0 fully saturated rings. The molecule has 0 saturated carbocycles. The first kappa shape index (κ1) is 24.1. The summed E-state index contributed by atoms with van der Waals surface area (Å²) in [5, 5.41) is 11.5. The summed E-state index contributed by atoms with van der Waals surface area (Å²) in [5.74, 6) is 0.534. The molecular formula is C24H26N2O7S. The molecule has 0 aromatic heterocycles. The van der Waals surface area contributed by atoms with Gasteiger partial charge in [0, 0.05) is 38.3 Å². The summed E-state index contributed by atoms with van der Waals surface area (Å²) in [6.07, 6.45) is 3.03. The Kier molecular flexibility index (Phi) is 6.57. The fourth-order valence-electron chi connectivity index (χ4n) is 4.63. The van der Waals surface area contributed by atoms with Gasteiger partial charge in [-0.25, -0.2) is 8.42 Å². The summed E-state index contributed by atoms with van der Waals surface area (Å²) in [4.78, 5) is 23.6. The largest absolute Gasteiger partial charge is 0.497 e. The monoisotopic (exact) mass is 486 g/mol. The van der Waals surface area contributed by atoms with Gasteiger partial charge in [-0.15, -0.1) is 0 Å². The molecule has 3 aliphatic rings. The van der Waals surface area contributed by atoms with E-state index in [0.29, 0.717) is 24.2 Å². The van der Waals surface area contributed by atoms with Crippen LogP contribution in [0.2, 0.25) is 0 Å². The van der Waals surface area contributed by atoms with Crippen molar-refractivity contribution in [2.24, 2.45) is 0 Å². The minimum absolute atomic E-state index is 0.0535. The Morgan fingerprint density at radius 2 is 1.88 bits per heavy atom. The number of ether oxygens (including phenoxy) is 2. The Hall–Kier alpha value is -3.08. The average Bonchev–Trinajstić information content (AvgIpc) is 2.88. The number of allylic oxidation sites excluding steroid dienone is 1. The Bertz CT molecular complexity index is 1270. The van der Waals surface area contributed by atoms with E-state index in [1.807, 2.05) is 12.1 Å². The number of nitro groups is 1. The van der Waals surface area contributed by atoms with Crippen LogP contribution in [-0.4, -0.2) is 56.3 Å². The molecule has 2 aromatic carbocycles. The molecule has 1 atom stereocenters. The number of hydrogen-bond donors (Lipinski definition) is 0. The number of carbonyl (C=O) groups excluding carboxylic acids is 1. The van der Waals surface area contributed by atoms with E-state index in [9.17, 15) is 23.3 Å². The number of para-hydroxylation sites is 1. The van der Waals surface area contributed by atoms with Gasteiger partial charge in [-0.1, -0.05) is 24.3 Å². The van der Waals surface area contributed by atoms with E-state index < -0.39 is 26.2 Å². The van der Waals surface area contributed by atoms with E-state index in [0.717, 1.165) is 11.1 Å². The third-order valence-corrected chi connectivity index (χ3v) is 8.57. The average molecular weight is 487 g/mol. The molecule has 34 heavy (non-hydrogen) atoms. The molecule has 1 unspecified atom stereocenters. The fourth-order valence-corrected chi connectivity index (χ4v) is 6.23. The van der Waals surface area contributed by atoms with Crippen molar-refractivity contribution in [3.63, 3.8) is 0 Å². The molecule has 9 nitrogen and oxygen atoms in total. The second kappa shape index (κ2) is 9.28. The highest BCUT2D eigenvalue weighted by molar-refractivity contribution is 7.89. The van der Waals surface area contributed by atoms with Gasteiger partial charge in [0.05, 0.1) is 17.6 Å². The highest BCUT2D eigenvalue weighted by Crippen LogP contribution is 2.38. The maximum absolute atomic E-state index is 13.6. The third-order valence-electron chi connectivity index (χ3n) is 6.62. The van der Waals surface area contributed by atoms with E-state index in [-0.39, 0.29) is 36.6 Å². The maximum atomic E-state index is 13.6. The molecule has 0 spiro atoms. The van der Waals surface area contributed by atoms with Crippen LogP contribution in [0.3, 0.4) is 0 Å². The minimum Gasteiger partial charge on any atom is -0.497 e. The quantitative estimate of drug-likeness (QED) is 0.470. The number of carbonyl (C=O) groups is 1. The summed E-state index contributed by atoms with van der Waals surface area (Å²) >= 11 is 0. The summed E-state index contributed by atoms with van der Waals surface area (Å²) in [5.41, 5.74) is 0.795. The molecule has 2 aromatic rings. The number of nitrogens with zero attached hydrogens (tertiary/aromatic N) is 2. The lowest BCUT2D eigenvalue weighted by Gasteiger charge is -2.35. The van der Waals surface area contributed by atoms with Crippen molar-refractivity contribution in [2.75, 3.05) is 27.3 Å². The van der Waals surface area contributed by atoms with Gasteiger partial charge in [-0.2, -0.15) is 4.31 Å². The molecule has 2 heterocycles. The third kappa shape index (κ3) is 4.36. The summed E-state index contributed by atoms with van der Waals surface area (Å²) in [7, 11) is -1.14. The number of benzene rings is 2. The number of rotatable bonds is 5. The molecule has 5 rings (SSSR count). The van der Waals surface area contributed by atoms with Gasteiger partial charge in [0.25, 0.3) is 5.69 Å². The zero-order chi connectivity index (χ0) is 24.5. The first-order valence-corrected chi connectivity index (χ1v) is 12.3. The van der Waals surface area contributed by atoms with Gasteiger partial charge in [-0.3, -0.25) is 14.9 Å². The van der Waals surface area contributed by atoms with Crippen molar-refractivity contribution in [1.82, 2.24) is 4.31 Å². The molecular weight excluding hydrogens is 460 g/mol. The number of ketones is 1. The van der Waals surface area contributed by atoms with Crippen molar-refractivity contribution in [3.8, 4) is 5.75 Å². The summed E-state index contributed by atoms with van der Waals surface area (Å²) in [6, 6.07) is 10.7. The van der Waals surface area contributed by atoms with Crippen LogP contribution < -0.4 is 4.74 Å². The van der Waals surface area contributed by atoms with Gasteiger partial charge in [0.15, 0.2) is 10.7 Å². The van der Waals surface area contributed by atoms with Gasteiger partial charge >= 0.3 is 0 Å². The van der Waals surface area contributed by atoms with Crippen LogP contribution in [-0.2, 0) is 26.0 Å². The molecule has 0 N–H and O–H groups in total. The zero-order valence-corrected chi connectivity index (χ0v) is 19.8. The van der Waals surface area contributed by atoms with Gasteiger partial charge in [0.2, 0.25) is 10.0 Å². The van der Waals surface area contributed by atoms with Gasteiger partial charge in [-0.05, 0) is 48.6 Å². The van der Waals surface area contributed by atoms with Crippen LogP contribution in [0.4, 0.5) is 5.69 Å². The smallest absolute Gasteiger partial charge is 0.289 e. The molecule has 1 aliphatic carbocycles. The van der Waals surface area contributed by atoms with Crippen LogP contribution in [0.5, 0.6) is 5.75 Å². The Labute approximate surface area is 198 Å². The molecule has 180 valence electrons. The standard InChI is InChI=1S/C24H26N2O7S/c1-32-18-7-8-19-17(15-18)10-13-25(14-12-24(33-2)11-9-20(19)22(27)16-24)34(30,31)23-6-4-3-5-21(23)26(28)29/h3-9,15H,10-14,16H2,1-2H3. The second-order valence-corrected chi connectivity index (χ2v) is 10.4. The van der Waals surface area contributed by atoms with Gasteiger partial charge in [0.1, 0.15) is 5.75 Å². The van der Waals surface area contributed by atoms with Crippen LogP contribution in [0.15, 0.2) is 53.4 Å².